The first-order chi connectivity index (χ1) is 12.0. The highest BCUT2D eigenvalue weighted by Crippen LogP contribution is 2.24. The van der Waals surface area contributed by atoms with Crippen molar-refractivity contribution in [3.8, 4) is 5.75 Å². The Kier molecular flexibility index (Phi) is 4.56. The van der Waals surface area contributed by atoms with Crippen LogP contribution in [-0.2, 0) is 18.4 Å². The Balaban J connectivity index is 1.67. The van der Waals surface area contributed by atoms with Crippen molar-refractivity contribution in [3.63, 3.8) is 0 Å². The summed E-state index contributed by atoms with van der Waals surface area (Å²) in [5.74, 6) is 0.760. The van der Waals surface area contributed by atoms with Gasteiger partial charge in [-0.05, 0) is 32.0 Å². The molecule has 7 nitrogen and oxygen atoms in total. The van der Waals surface area contributed by atoms with E-state index in [0.29, 0.717) is 11.4 Å². The minimum atomic E-state index is -0.540. The van der Waals surface area contributed by atoms with Gasteiger partial charge in [-0.2, -0.15) is 5.10 Å². The molecule has 0 bridgehead atoms. The molecule has 25 heavy (non-hydrogen) atoms. The number of pyridine rings is 1. The zero-order chi connectivity index (χ0) is 18.0. The average Bonchev–Trinajstić information content (AvgIpc) is 2.95. The van der Waals surface area contributed by atoms with E-state index in [-0.39, 0.29) is 6.61 Å². The number of nitrogens with zero attached hydrogens (tertiary/aromatic N) is 3. The van der Waals surface area contributed by atoms with Gasteiger partial charge in [0.05, 0.1) is 24.5 Å². The third-order valence-electron chi connectivity index (χ3n) is 4.09. The minimum Gasteiger partial charge on any atom is -0.496 e. The van der Waals surface area contributed by atoms with Crippen LogP contribution >= 0.6 is 0 Å². The Bertz CT molecular complexity index is 933. The molecule has 1 aromatic carbocycles. The molecule has 0 fully saturated rings. The molecule has 3 rings (SSSR count). The maximum absolute atomic E-state index is 12.1. The second-order valence-electron chi connectivity index (χ2n) is 5.79. The number of aromatic nitrogens is 3. The Hall–Kier alpha value is -3.09. The highest BCUT2D eigenvalue weighted by molar-refractivity contribution is 5.89. The summed E-state index contributed by atoms with van der Waals surface area (Å²) in [5.41, 5.74) is 4.05. The van der Waals surface area contributed by atoms with Gasteiger partial charge in [0.25, 0.3) is 0 Å². The lowest BCUT2D eigenvalue weighted by molar-refractivity contribution is 0.153. The van der Waals surface area contributed by atoms with Crippen molar-refractivity contribution in [3.05, 3.63) is 47.4 Å². The number of methoxy groups -OCH3 is 1. The molecule has 7 heteroatoms. The molecular weight excluding hydrogens is 320 g/mol. The van der Waals surface area contributed by atoms with Gasteiger partial charge in [-0.15, -0.1) is 0 Å². The first-order valence-electron chi connectivity index (χ1n) is 7.84. The Labute approximate surface area is 145 Å². The lowest BCUT2D eigenvalue weighted by Crippen LogP contribution is -2.14. The lowest BCUT2D eigenvalue weighted by Gasteiger charge is -2.12. The van der Waals surface area contributed by atoms with Crippen molar-refractivity contribution >= 4 is 22.7 Å². The van der Waals surface area contributed by atoms with Gasteiger partial charge in [0.1, 0.15) is 12.4 Å². The number of hydrogen-bond acceptors (Lipinski definition) is 5. The number of aryl methyl sites for hydroxylation is 2. The van der Waals surface area contributed by atoms with Crippen molar-refractivity contribution in [2.24, 2.45) is 7.05 Å². The number of nitrogens with one attached hydrogen (secondary N) is 1. The van der Waals surface area contributed by atoms with Gasteiger partial charge in [-0.1, -0.05) is 0 Å². The van der Waals surface area contributed by atoms with Crippen LogP contribution in [0.3, 0.4) is 0 Å². The molecule has 0 saturated carbocycles. The molecule has 0 radical (unpaired) electrons. The van der Waals surface area contributed by atoms with Gasteiger partial charge in [-0.25, -0.2) is 4.79 Å². The zero-order valence-electron chi connectivity index (χ0n) is 14.7. The van der Waals surface area contributed by atoms with Crippen LogP contribution in [0.1, 0.15) is 16.8 Å². The van der Waals surface area contributed by atoms with E-state index in [0.717, 1.165) is 27.8 Å². The average molecular weight is 340 g/mol. The summed E-state index contributed by atoms with van der Waals surface area (Å²) in [7, 11) is 3.46. The summed E-state index contributed by atoms with van der Waals surface area (Å²) in [6, 6.07) is 5.56. The molecule has 1 N–H and O–H groups in total. The van der Waals surface area contributed by atoms with E-state index in [1.807, 2.05) is 39.1 Å². The fraction of sp³-hybridized carbons (Fsp3) is 0.278. The van der Waals surface area contributed by atoms with E-state index >= 15 is 0 Å². The van der Waals surface area contributed by atoms with Gasteiger partial charge in [-0.3, -0.25) is 15.0 Å². The summed E-state index contributed by atoms with van der Waals surface area (Å²) in [4.78, 5) is 16.4. The molecule has 130 valence electrons. The maximum Gasteiger partial charge on any atom is 0.412 e. The quantitative estimate of drug-likeness (QED) is 0.788. The van der Waals surface area contributed by atoms with E-state index in [2.05, 4.69) is 15.4 Å². The van der Waals surface area contributed by atoms with Crippen molar-refractivity contribution in [1.29, 1.82) is 0 Å². The number of ether oxygens (including phenoxy) is 2. The van der Waals surface area contributed by atoms with Gasteiger partial charge in [0, 0.05) is 35.4 Å². The first kappa shape index (κ1) is 16.8. The van der Waals surface area contributed by atoms with Crippen LogP contribution in [0.4, 0.5) is 10.5 Å². The predicted octanol–water partition coefficient (Wildman–Crippen LogP) is 3.34. The van der Waals surface area contributed by atoms with Gasteiger partial charge < -0.3 is 9.47 Å². The summed E-state index contributed by atoms with van der Waals surface area (Å²) >= 11 is 0. The number of carbonyl (C=O) groups is 1. The minimum absolute atomic E-state index is 0.0717. The van der Waals surface area contributed by atoms with Crippen LogP contribution in [0, 0.1) is 13.8 Å². The summed E-state index contributed by atoms with van der Waals surface area (Å²) < 4.78 is 12.4. The van der Waals surface area contributed by atoms with Crippen LogP contribution in [-0.4, -0.2) is 28.0 Å². The number of hydrogen-bond donors (Lipinski definition) is 1. The fourth-order valence-electron chi connectivity index (χ4n) is 2.73. The number of amides is 1. The predicted molar refractivity (Wildman–Crippen MR) is 94.8 cm³/mol. The normalized spacial score (nSPS) is 10.7. The molecule has 2 aromatic heterocycles. The third-order valence-corrected chi connectivity index (χ3v) is 4.09. The summed E-state index contributed by atoms with van der Waals surface area (Å²) in [6.07, 6.45) is 2.94. The van der Waals surface area contributed by atoms with Gasteiger partial charge >= 0.3 is 6.09 Å². The summed E-state index contributed by atoms with van der Waals surface area (Å²) in [6.45, 7) is 3.89. The van der Waals surface area contributed by atoms with E-state index in [4.69, 9.17) is 9.47 Å². The number of benzene rings is 1. The third kappa shape index (κ3) is 3.40. The number of fused-ring (bicyclic) bond motifs is 1. The first-order valence-corrected chi connectivity index (χ1v) is 7.84. The molecule has 0 saturated heterocycles. The van der Waals surface area contributed by atoms with Crippen LogP contribution in [0.15, 0.2) is 30.6 Å². The Morgan fingerprint density at radius 2 is 2.08 bits per heavy atom. The molecule has 0 aliphatic heterocycles. The fourth-order valence-corrected chi connectivity index (χ4v) is 2.73. The van der Waals surface area contributed by atoms with Crippen LogP contribution in [0.2, 0.25) is 0 Å². The number of anilines is 1. The number of carbonyl (C=O) groups excluding carboxylic acids is 1. The van der Waals surface area contributed by atoms with Crippen LogP contribution in [0.5, 0.6) is 5.75 Å². The topological polar surface area (TPSA) is 78.3 Å². The van der Waals surface area contributed by atoms with E-state index in [1.165, 1.54) is 0 Å². The smallest absolute Gasteiger partial charge is 0.412 e. The highest BCUT2D eigenvalue weighted by atomic mass is 16.5. The molecule has 1 amide bonds. The molecule has 0 aliphatic carbocycles. The number of rotatable bonds is 4. The van der Waals surface area contributed by atoms with Crippen LogP contribution in [0.25, 0.3) is 10.9 Å². The van der Waals surface area contributed by atoms with Crippen LogP contribution < -0.4 is 10.1 Å². The highest BCUT2D eigenvalue weighted by Gasteiger charge is 2.12. The summed E-state index contributed by atoms with van der Waals surface area (Å²) in [5, 5.41) is 7.90. The molecule has 2 heterocycles. The molecular formula is C18H20N4O3. The van der Waals surface area contributed by atoms with Gasteiger partial charge in [0.2, 0.25) is 0 Å². The van der Waals surface area contributed by atoms with Crippen molar-refractivity contribution in [2.75, 3.05) is 12.4 Å². The molecule has 3 aromatic rings. The lowest BCUT2D eigenvalue weighted by atomic mass is 10.1. The Morgan fingerprint density at radius 3 is 2.84 bits per heavy atom. The monoisotopic (exact) mass is 340 g/mol. The largest absolute Gasteiger partial charge is 0.496 e. The van der Waals surface area contributed by atoms with Crippen molar-refractivity contribution in [1.82, 2.24) is 14.8 Å². The van der Waals surface area contributed by atoms with E-state index in [1.54, 1.807) is 24.2 Å². The molecule has 0 aliphatic rings. The second-order valence-corrected chi connectivity index (χ2v) is 5.79. The SMILES string of the molecule is COc1c(C)cnc(COC(=O)Nc2ccc3cnn(C)c3c2)c1C. The zero-order valence-corrected chi connectivity index (χ0v) is 14.7. The molecule has 0 atom stereocenters. The van der Waals surface area contributed by atoms with Gasteiger partial charge in [0.15, 0.2) is 0 Å². The van der Waals surface area contributed by atoms with E-state index in [9.17, 15) is 4.79 Å². The standard InChI is InChI=1S/C18H20N4O3/c1-11-8-19-15(12(2)17(11)24-4)10-25-18(23)21-14-6-5-13-9-20-22(3)16(13)7-14/h5-9H,10H2,1-4H3,(H,21,23). The van der Waals surface area contributed by atoms with E-state index < -0.39 is 6.09 Å². The van der Waals surface area contributed by atoms with Crippen molar-refractivity contribution in [2.45, 2.75) is 20.5 Å². The molecule has 0 unspecified atom stereocenters. The second kappa shape index (κ2) is 6.80. The Morgan fingerprint density at radius 1 is 1.28 bits per heavy atom. The maximum atomic E-state index is 12.1. The van der Waals surface area contributed by atoms with Crippen molar-refractivity contribution < 1.29 is 14.3 Å². The molecule has 0 spiro atoms.